The number of fused-ring (bicyclic) bond motifs is 1. The van der Waals surface area contributed by atoms with Crippen LogP contribution >= 0.6 is 23.6 Å². The molecule has 2 heterocycles. The van der Waals surface area contributed by atoms with Gasteiger partial charge < -0.3 is 19.3 Å². The number of para-hydroxylation sites is 1. The Kier molecular flexibility index (Phi) is 5.97. The molecule has 0 fully saturated rings. The van der Waals surface area contributed by atoms with Crippen LogP contribution in [0.1, 0.15) is 20.8 Å². The summed E-state index contributed by atoms with van der Waals surface area (Å²) >= 11 is 6.53. The van der Waals surface area contributed by atoms with E-state index in [1.807, 2.05) is 24.3 Å². The molecule has 32 heavy (non-hydrogen) atoms. The minimum atomic E-state index is -0.513. The van der Waals surface area contributed by atoms with Crippen molar-refractivity contribution in [2.45, 2.75) is 0 Å². The Bertz CT molecular complexity index is 1300. The number of aromatic nitrogens is 1. The lowest BCUT2D eigenvalue weighted by Gasteiger charge is -2.14. The molecular formula is C22H19N3O5S2. The number of thiazole rings is 1. The van der Waals surface area contributed by atoms with Gasteiger partial charge in [0, 0.05) is 22.9 Å². The zero-order valence-electron chi connectivity index (χ0n) is 17.4. The van der Waals surface area contributed by atoms with E-state index in [4.69, 9.17) is 26.4 Å². The van der Waals surface area contributed by atoms with E-state index in [1.165, 1.54) is 44.8 Å². The van der Waals surface area contributed by atoms with E-state index in [2.05, 4.69) is 10.4 Å². The van der Waals surface area contributed by atoms with Crippen LogP contribution in [0.15, 0.2) is 41.4 Å². The maximum absolute atomic E-state index is 12.9. The van der Waals surface area contributed by atoms with E-state index in [-0.39, 0.29) is 15.4 Å². The van der Waals surface area contributed by atoms with Gasteiger partial charge in [0.05, 0.1) is 31.9 Å². The lowest BCUT2D eigenvalue weighted by molar-refractivity contribution is 0.100. The molecule has 4 rings (SSSR count). The minimum absolute atomic E-state index is 0.175. The Hall–Kier alpha value is -3.63. The molecule has 2 aromatic carbocycles. The van der Waals surface area contributed by atoms with Crippen molar-refractivity contribution in [3.63, 3.8) is 0 Å². The number of hydrogen-bond donors (Lipinski definition) is 2. The number of amides is 1. The first-order chi connectivity index (χ1) is 15.5. The number of nitrogens with one attached hydrogen (secondary N) is 1. The second kappa shape index (κ2) is 8.85. The quantitative estimate of drug-likeness (QED) is 0.511. The third-order valence-corrected chi connectivity index (χ3v) is 6.11. The van der Waals surface area contributed by atoms with Crippen molar-refractivity contribution in [1.29, 1.82) is 0 Å². The van der Waals surface area contributed by atoms with Gasteiger partial charge in [-0.3, -0.25) is 15.2 Å². The summed E-state index contributed by atoms with van der Waals surface area (Å²) in [7, 11) is 4.40. The van der Waals surface area contributed by atoms with Crippen LogP contribution in [0.5, 0.6) is 23.1 Å². The second-order valence-corrected chi connectivity index (χ2v) is 8.30. The molecule has 0 atom stereocenters. The predicted octanol–water partition coefficient (Wildman–Crippen LogP) is 4.65. The summed E-state index contributed by atoms with van der Waals surface area (Å²) in [6.45, 7) is 0. The summed E-state index contributed by atoms with van der Waals surface area (Å²) in [6, 6.07) is 10.7. The maximum atomic E-state index is 12.9. The lowest BCUT2D eigenvalue weighted by Crippen LogP contribution is -2.22. The molecule has 0 saturated heterocycles. The molecule has 1 aliphatic heterocycles. The standard InChI is InChI=1S/C22H19N3O5S2/c1-28-16-8-12(9-17(29-2)19(16)30-3)20(26)24-25-21(27)18(32-22(25)31)10-13-11-23-15-7-5-4-6-14(13)15/h4-11,27H,1-3H3,(H,24,26). The summed E-state index contributed by atoms with van der Waals surface area (Å²) in [6.07, 6.45) is 3.51. The van der Waals surface area contributed by atoms with E-state index in [1.54, 1.807) is 12.3 Å². The SMILES string of the molecule is COc1cc(C(=O)Nn2c(O)c(C=C3C=Nc4ccccc43)sc2=S)cc(OC)c1OC. The van der Waals surface area contributed by atoms with E-state index >= 15 is 0 Å². The van der Waals surface area contributed by atoms with Crippen LogP contribution in [0.2, 0.25) is 0 Å². The number of aliphatic imine (C=N–C) groups is 1. The van der Waals surface area contributed by atoms with Crippen LogP contribution in [0, 0.1) is 3.95 Å². The van der Waals surface area contributed by atoms with Crippen molar-refractivity contribution >= 4 is 53.0 Å². The zero-order chi connectivity index (χ0) is 22.8. The Morgan fingerprint density at radius 3 is 2.50 bits per heavy atom. The number of carbonyl (C=O) groups is 1. The minimum Gasteiger partial charge on any atom is -0.493 e. The van der Waals surface area contributed by atoms with Gasteiger partial charge in [0.1, 0.15) is 0 Å². The van der Waals surface area contributed by atoms with Crippen molar-refractivity contribution in [1.82, 2.24) is 4.68 Å². The van der Waals surface area contributed by atoms with Crippen molar-refractivity contribution in [2.75, 3.05) is 26.8 Å². The van der Waals surface area contributed by atoms with E-state index < -0.39 is 5.91 Å². The molecule has 3 aromatic rings. The van der Waals surface area contributed by atoms with Crippen LogP contribution < -0.4 is 19.6 Å². The molecule has 0 saturated carbocycles. The molecule has 8 nitrogen and oxygen atoms in total. The second-order valence-electron chi connectivity index (χ2n) is 6.62. The first kappa shape index (κ1) is 21.6. The Morgan fingerprint density at radius 2 is 1.84 bits per heavy atom. The van der Waals surface area contributed by atoms with Crippen molar-refractivity contribution < 1.29 is 24.1 Å². The largest absolute Gasteiger partial charge is 0.493 e. The third kappa shape index (κ3) is 3.85. The maximum Gasteiger partial charge on any atom is 0.270 e. The van der Waals surface area contributed by atoms with Crippen molar-refractivity contribution in [3.8, 4) is 23.1 Å². The molecule has 164 valence electrons. The first-order valence-corrected chi connectivity index (χ1v) is 10.6. The van der Waals surface area contributed by atoms with Crippen LogP contribution in [0.25, 0.3) is 11.6 Å². The smallest absolute Gasteiger partial charge is 0.270 e. The number of benzene rings is 2. The summed E-state index contributed by atoms with van der Waals surface area (Å²) < 4.78 is 17.3. The van der Waals surface area contributed by atoms with Crippen molar-refractivity contribution in [2.24, 2.45) is 4.99 Å². The van der Waals surface area contributed by atoms with Crippen molar-refractivity contribution in [3.05, 3.63) is 56.4 Å². The summed E-state index contributed by atoms with van der Waals surface area (Å²) in [5, 5.41) is 10.7. The van der Waals surface area contributed by atoms with Gasteiger partial charge in [0.25, 0.3) is 5.91 Å². The van der Waals surface area contributed by atoms with Crippen LogP contribution in [0.4, 0.5) is 5.69 Å². The monoisotopic (exact) mass is 469 g/mol. The fourth-order valence-corrected chi connectivity index (χ4v) is 4.43. The highest BCUT2D eigenvalue weighted by Crippen LogP contribution is 2.39. The highest BCUT2D eigenvalue weighted by molar-refractivity contribution is 7.73. The molecular weight excluding hydrogens is 450 g/mol. The van der Waals surface area contributed by atoms with Gasteiger partial charge in [0.15, 0.2) is 15.5 Å². The molecule has 1 amide bonds. The van der Waals surface area contributed by atoms with Crippen LogP contribution in [-0.4, -0.2) is 43.2 Å². The number of aromatic hydroxyl groups is 1. The molecule has 0 aliphatic carbocycles. The molecule has 0 radical (unpaired) electrons. The Morgan fingerprint density at radius 1 is 1.16 bits per heavy atom. The van der Waals surface area contributed by atoms with Gasteiger partial charge in [0.2, 0.25) is 11.6 Å². The molecule has 10 heteroatoms. The third-order valence-electron chi connectivity index (χ3n) is 4.80. The number of rotatable bonds is 6. The zero-order valence-corrected chi connectivity index (χ0v) is 19.0. The normalized spacial score (nSPS) is 13.2. The fraction of sp³-hybridized carbons (Fsp3) is 0.136. The van der Waals surface area contributed by atoms with Gasteiger partial charge in [-0.2, -0.15) is 4.68 Å². The van der Waals surface area contributed by atoms with Gasteiger partial charge >= 0.3 is 0 Å². The van der Waals surface area contributed by atoms with Gasteiger partial charge in [-0.05, 0) is 36.5 Å². The topological polar surface area (TPSA) is 94.3 Å². The summed E-state index contributed by atoms with van der Waals surface area (Å²) in [4.78, 5) is 17.8. The Labute approximate surface area is 193 Å². The summed E-state index contributed by atoms with van der Waals surface area (Å²) in [5.74, 6) is 0.347. The van der Waals surface area contributed by atoms with Gasteiger partial charge in [-0.1, -0.05) is 29.5 Å². The number of ether oxygens (including phenoxy) is 3. The highest BCUT2D eigenvalue weighted by atomic mass is 32.1. The number of carbonyl (C=O) groups excluding carboxylic acids is 1. The number of hydrogen-bond acceptors (Lipinski definition) is 8. The van der Waals surface area contributed by atoms with Crippen LogP contribution in [0.3, 0.4) is 0 Å². The molecule has 2 N–H and O–H groups in total. The number of nitrogens with zero attached hydrogens (tertiary/aromatic N) is 2. The average molecular weight is 470 g/mol. The molecule has 1 aromatic heterocycles. The van der Waals surface area contributed by atoms with E-state index in [0.29, 0.717) is 22.1 Å². The molecule has 0 spiro atoms. The Balaban J connectivity index is 1.65. The summed E-state index contributed by atoms with van der Waals surface area (Å²) in [5.41, 5.74) is 5.52. The first-order valence-electron chi connectivity index (χ1n) is 9.38. The average Bonchev–Trinajstić information content (AvgIpc) is 3.34. The van der Waals surface area contributed by atoms with E-state index in [0.717, 1.165) is 21.5 Å². The fourth-order valence-electron chi connectivity index (χ4n) is 3.25. The lowest BCUT2D eigenvalue weighted by atomic mass is 10.1. The van der Waals surface area contributed by atoms with Gasteiger partial charge in [-0.15, -0.1) is 0 Å². The number of allylic oxidation sites excluding steroid dienone is 1. The van der Waals surface area contributed by atoms with E-state index in [9.17, 15) is 9.90 Å². The number of methoxy groups -OCH3 is 3. The predicted molar refractivity (Wildman–Crippen MR) is 127 cm³/mol. The van der Waals surface area contributed by atoms with Gasteiger partial charge in [-0.25, -0.2) is 0 Å². The molecule has 1 aliphatic rings. The highest BCUT2D eigenvalue weighted by Gasteiger charge is 2.20. The molecule has 0 unspecified atom stereocenters. The molecule has 0 bridgehead atoms. The van der Waals surface area contributed by atoms with Crippen LogP contribution in [-0.2, 0) is 0 Å².